The molecule has 22 heavy (non-hydrogen) atoms. The van der Waals surface area contributed by atoms with Crippen LogP contribution in [0.5, 0.6) is 0 Å². The van der Waals surface area contributed by atoms with Crippen LogP contribution < -0.4 is 0 Å². The Morgan fingerprint density at radius 2 is 1.86 bits per heavy atom. The molecule has 4 nitrogen and oxygen atoms in total. The number of nitrogens with zero attached hydrogens (tertiary/aromatic N) is 2. The van der Waals surface area contributed by atoms with E-state index in [1.165, 1.54) is 7.11 Å². The predicted octanol–water partition coefficient (Wildman–Crippen LogP) is 3.98. The fourth-order valence-corrected chi connectivity index (χ4v) is 2.40. The fraction of sp³-hybridized carbons (Fsp3) is 0.0588. The van der Waals surface area contributed by atoms with Crippen LogP contribution in [0.25, 0.3) is 16.9 Å². The molecule has 110 valence electrons. The van der Waals surface area contributed by atoms with Gasteiger partial charge >= 0.3 is 5.97 Å². The topological polar surface area (TPSA) is 44.1 Å². The molecule has 0 radical (unpaired) electrons. The highest BCUT2D eigenvalue weighted by Crippen LogP contribution is 2.26. The van der Waals surface area contributed by atoms with Gasteiger partial charge in [0, 0.05) is 10.6 Å². The van der Waals surface area contributed by atoms with E-state index >= 15 is 0 Å². The maximum absolute atomic E-state index is 11.8. The van der Waals surface area contributed by atoms with Gasteiger partial charge in [-0.05, 0) is 30.3 Å². The van der Waals surface area contributed by atoms with Gasteiger partial charge in [0.15, 0.2) is 5.69 Å². The normalized spacial score (nSPS) is 10.5. The van der Waals surface area contributed by atoms with Gasteiger partial charge in [-0.1, -0.05) is 41.9 Å². The summed E-state index contributed by atoms with van der Waals surface area (Å²) in [5.74, 6) is -0.474. The first kappa shape index (κ1) is 14.4. The molecule has 0 aliphatic rings. The van der Waals surface area contributed by atoms with Crippen LogP contribution in [0.4, 0.5) is 0 Å². The van der Waals surface area contributed by atoms with E-state index in [1.807, 2.05) is 48.5 Å². The van der Waals surface area contributed by atoms with Crippen LogP contribution in [0.2, 0.25) is 5.02 Å². The second-order valence-corrected chi connectivity index (χ2v) is 5.10. The molecule has 0 bridgehead atoms. The second-order valence-electron chi connectivity index (χ2n) is 4.66. The van der Waals surface area contributed by atoms with Crippen LogP contribution in [-0.2, 0) is 4.74 Å². The Labute approximate surface area is 132 Å². The van der Waals surface area contributed by atoms with Crippen molar-refractivity contribution in [3.63, 3.8) is 0 Å². The zero-order chi connectivity index (χ0) is 15.5. The van der Waals surface area contributed by atoms with Crippen molar-refractivity contribution >= 4 is 17.6 Å². The van der Waals surface area contributed by atoms with Crippen molar-refractivity contribution in [3.05, 3.63) is 71.4 Å². The number of carbonyl (C=O) groups is 1. The number of rotatable bonds is 3. The molecular weight excluding hydrogens is 300 g/mol. The molecular formula is C17H13ClN2O2. The Morgan fingerprint density at radius 3 is 2.55 bits per heavy atom. The number of ether oxygens (including phenoxy) is 1. The van der Waals surface area contributed by atoms with Gasteiger partial charge in [-0.25, -0.2) is 9.48 Å². The van der Waals surface area contributed by atoms with Crippen LogP contribution in [0.3, 0.4) is 0 Å². The summed E-state index contributed by atoms with van der Waals surface area (Å²) in [6, 6.07) is 18.7. The number of para-hydroxylation sites is 1. The minimum atomic E-state index is -0.474. The van der Waals surface area contributed by atoms with Gasteiger partial charge < -0.3 is 4.74 Å². The molecule has 0 unspecified atom stereocenters. The van der Waals surface area contributed by atoms with Gasteiger partial charge in [0.05, 0.1) is 18.5 Å². The summed E-state index contributed by atoms with van der Waals surface area (Å²) in [4.78, 5) is 11.8. The average Bonchev–Trinajstić information content (AvgIpc) is 3.00. The van der Waals surface area contributed by atoms with E-state index in [9.17, 15) is 4.79 Å². The zero-order valence-corrected chi connectivity index (χ0v) is 12.6. The lowest BCUT2D eigenvalue weighted by Gasteiger charge is -2.07. The van der Waals surface area contributed by atoms with E-state index in [0.717, 1.165) is 16.9 Å². The largest absolute Gasteiger partial charge is 0.464 e. The van der Waals surface area contributed by atoms with E-state index in [-0.39, 0.29) is 5.69 Å². The number of halogens is 1. The van der Waals surface area contributed by atoms with Crippen molar-refractivity contribution in [1.29, 1.82) is 0 Å². The molecule has 0 aliphatic carbocycles. The summed E-state index contributed by atoms with van der Waals surface area (Å²) in [5, 5.41) is 4.98. The number of methoxy groups -OCH3 is 1. The highest BCUT2D eigenvalue weighted by molar-refractivity contribution is 6.30. The van der Waals surface area contributed by atoms with Gasteiger partial charge in [0.2, 0.25) is 0 Å². The number of hydrogen-bond acceptors (Lipinski definition) is 3. The monoisotopic (exact) mass is 312 g/mol. The number of benzene rings is 2. The third-order valence-corrected chi connectivity index (χ3v) is 3.46. The summed E-state index contributed by atoms with van der Waals surface area (Å²) < 4.78 is 6.47. The van der Waals surface area contributed by atoms with Crippen molar-refractivity contribution in [1.82, 2.24) is 9.78 Å². The smallest absolute Gasteiger partial charge is 0.358 e. The van der Waals surface area contributed by atoms with Crippen molar-refractivity contribution in [2.75, 3.05) is 7.11 Å². The predicted molar refractivity (Wildman–Crippen MR) is 85.3 cm³/mol. The Kier molecular flexibility index (Phi) is 3.94. The van der Waals surface area contributed by atoms with E-state index in [2.05, 4.69) is 5.10 Å². The molecule has 1 heterocycles. The van der Waals surface area contributed by atoms with Gasteiger partial charge in [-0.2, -0.15) is 5.10 Å². The molecule has 2 aromatic carbocycles. The van der Waals surface area contributed by atoms with Gasteiger partial charge in [0.25, 0.3) is 0 Å². The zero-order valence-electron chi connectivity index (χ0n) is 11.9. The first-order valence-corrected chi connectivity index (χ1v) is 7.06. The maximum Gasteiger partial charge on any atom is 0.358 e. The summed E-state index contributed by atoms with van der Waals surface area (Å²) >= 11 is 6.07. The third kappa shape index (κ3) is 2.73. The fourth-order valence-electron chi connectivity index (χ4n) is 2.20. The standard InChI is InChI=1S/C17H13ClN2O2/c1-22-17(21)15-11-16(12-6-5-7-13(18)10-12)20(19-15)14-8-3-2-4-9-14/h2-11H,1H3. The number of carbonyl (C=O) groups excluding carboxylic acids is 1. The van der Waals surface area contributed by atoms with Crippen LogP contribution in [0, 0.1) is 0 Å². The first-order valence-electron chi connectivity index (χ1n) is 6.69. The minimum Gasteiger partial charge on any atom is -0.464 e. The minimum absolute atomic E-state index is 0.251. The Morgan fingerprint density at radius 1 is 1.09 bits per heavy atom. The highest BCUT2D eigenvalue weighted by Gasteiger charge is 2.17. The molecule has 1 aromatic heterocycles. The summed E-state index contributed by atoms with van der Waals surface area (Å²) in [6.07, 6.45) is 0. The van der Waals surface area contributed by atoms with E-state index in [1.54, 1.807) is 16.8 Å². The average molecular weight is 313 g/mol. The molecule has 0 saturated carbocycles. The van der Waals surface area contributed by atoms with Crippen LogP contribution in [-0.4, -0.2) is 22.9 Å². The maximum atomic E-state index is 11.8. The summed E-state index contributed by atoms with van der Waals surface area (Å²) in [6.45, 7) is 0. The molecule has 0 atom stereocenters. The number of esters is 1. The second kappa shape index (κ2) is 6.03. The van der Waals surface area contributed by atoms with Crippen LogP contribution in [0.15, 0.2) is 60.7 Å². The third-order valence-electron chi connectivity index (χ3n) is 3.23. The van der Waals surface area contributed by atoms with E-state index in [4.69, 9.17) is 16.3 Å². The molecule has 0 aliphatic heterocycles. The lowest BCUT2D eigenvalue weighted by Crippen LogP contribution is -2.04. The molecule has 3 aromatic rings. The van der Waals surface area contributed by atoms with Crippen molar-refractivity contribution < 1.29 is 9.53 Å². The first-order chi connectivity index (χ1) is 10.7. The molecule has 0 amide bonds. The Hall–Kier alpha value is -2.59. The molecule has 5 heteroatoms. The summed E-state index contributed by atoms with van der Waals surface area (Å²) in [5.41, 5.74) is 2.75. The molecule has 0 saturated heterocycles. The van der Waals surface area contributed by atoms with Gasteiger partial charge in [0.1, 0.15) is 0 Å². The van der Waals surface area contributed by atoms with Crippen molar-refractivity contribution in [2.24, 2.45) is 0 Å². The summed E-state index contributed by atoms with van der Waals surface area (Å²) in [7, 11) is 1.34. The van der Waals surface area contributed by atoms with Gasteiger partial charge in [-0.3, -0.25) is 0 Å². The Bertz CT molecular complexity index is 813. The molecule has 3 rings (SSSR count). The van der Waals surface area contributed by atoms with Crippen molar-refractivity contribution in [2.45, 2.75) is 0 Å². The molecule has 0 fully saturated rings. The number of aromatic nitrogens is 2. The van der Waals surface area contributed by atoms with Crippen LogP contribution in [0.1, 0.15) is 10.5 Å². The van der Waals surface area contributed by atoms with E-state index < -0.39 is 5.97 Å². The van der Waals surface area contributed by atoms with E-state index in [0.29, 0.717) is 5.02 Å². The SMILES string of the molecule is COC(=O)c1cc(-c2cccc(Cl)c2)n(-c2ccccc2)n1. The Balaban J connectivity index is 2.19. The number of hydrogen-bond donors (Lipinski definition) is 0. The quantitative estimate of drug-likeness (QED) is 0.687. The molecule has 0 N–H and O–H groups in total. The lowest BCUT2D eigenvalue weighted by atomic mass is 10.1. The molecule has 0 spiro atoms. The van der Waals surface area contributed by atoms with Crippen LogP contribution >= 0.6 is 11.6 Å². The highest BCUT2D eigenvalue weighted by atomic mass is 35.5. The van der Waals surface area contributed by atoms with Gasteiger partial charge in [-0.15, -0.1) is 0 Å². The van der Waals surface area contributed by atoms with Crippen molar-refractivity contribution in [3.8, 4) is 16.9 Å². The lowest BCUT2D eigenvalue weighted by molar-refractivity contribution is 0.0593.